The number of halogens is 6. The smallest absolute Gasteiger partial charge is 0.385 e. The Labute approximate surface area is 582 Å². The van der Waals surface area contributed by atoms with Gasteiger partial charge in [0.1, 0.15) is 36.4 Å². The average molecular weight is 1500 g/mol. The first-order valence-corrected chi connectivity index (χ1v) is 37.7. The Kier molecular flexibility index (Phi) is 18.2. The van der Waals surface area contributed by atoms with Crippen LogP contribution >= 0.6 is 77.9 Å². The predicted octanol–water partition coefficient (Wildman–Crippen LogP) is 8.58. The molecule has 3 aromatic carbocycles. The molecule has 35 heteroatoms. The molecule has 6 aliphatic heterocycles. The number of ether oxygens (including phenoxy) is 3. The summed E-state index contributed by atoms with van der Waals surface area (Å²) in [5.41, 5.74) is -5.38. The van der Waals surface area contributed by atoms with Crippen molar-refractivity contribution in [3.8, 4) is 0 Å². The molecule has 3 aromatic heterocycles. The zero-order valence-electron chi connectivity index (χ0n) is 51.7. The summed E-state index contributed by atoms with van der Waals surface area (Å²) in [5.74, 6) is -9.19. The highest BCUT2D eigenvalue weighted by atomic mass is 35.5. The van der Waals surface area contributed by atoms with Crippen molar-refractivity contribution in [2.45, 2.75) is 182 Å². The van der Waals surface area contributed by atoms with Crippen LogP contribution in [0.2, 0.25) is 15.1 Å². The minimum Gasteiger partial charge on any atom is -0.385 e. The molecule has 15 rings (SSSR count). The van der Waals surface area contributed by atoms with Crippen LogP contribution in [0.3, 0.4) is 0 Å². The number of hydrogen-bond acceptors (Lipinski definition) is 22. The van der Waals surface area contributed by atoms with Crippen molar-refractivity contribution in [1.82, 2.24) is 43.8 Å². The Balaban J connectivity index is 0.934. The largest absolute Gasteiger partial charge is 0.525 e. The van der Waals surface area contributed by atoms with Crippen molar-refractivity contribution in [1.29, 1.82) is 0 Å². The molecular weight excluding hydrogens is 1430 g/mol. The number of aromatic amines is 3. The van der Waals surface area contributed by atoms with E-state index in [-0.39, 0.29) is 89.5 Å². The monoisotopic (exact) mass is 1490 g/mol. The Hall–Kier alpha value is -4.84. The van der Waals surface area contributed by atoms with Crippen LogP contribution < -0.4 is 33.7 Å². The molecule has 3 aliphatic carbocycles. The van der Waals surface area contributed by atoms with Gasteiger partial charge in [0, 0.05) is 70.0 Å². The molecule has 6 saturated heterocycles. The third-order valence-corrected chi connectivity index (χ3v) is 27.5. The van der Waals surface area contributed by atoms with Crippen LogP contribution in [0.4, 0.5) is 13.2 Å². The van der Waals surface area contributed by atoms with E-state index in [2.05, 4.69) is 15.0 Å². The number of aliphatic hydroxyl groups is 3. The molecule has 3 unspecified atom stereocenters. The van der Waals surface area contributed by atoms with Gasteiger partial charge < -0.3 is 29.5 Å². The van der Waals surface area contributed by atoms with E-state index < -0.39 is 147 Å². The summed E-state index contributed by atoms with van der Waals surface area (Å²) in [7, 11) is -6.16. The lowest BCUT2D eigenvalue weighted by Crippen LogP contribution is -2.59. The molecule has 0 bridgehead atoms. The van der Waals surface area contributed by atoms with Gasteiger partial charge in [-0.25, -0.2) is 32.1 Å². The third kappa shape index (κ3) is 11.3. The minimum absolute atomic E-state index is 0.0258. The Morgan fingerprint density at radius 2 is 0.704 bits per heavy atom. The van der Waals surface area contributed by atoms with Gasteiger partial charge in [0.05, 0.1) is 14.2 Å². The molecule has 0 radical (unpaired) electrons. The summed E-state index contributed by atoms with van der Waals surface area (Å²) in [5, 5.41) is 42.4. The first-order valence-electron chi connectivity index (χ1n) is 32.1. The summed E-state index contributed by atoms with van der Waals surface area (Å²) in [6.45, 7) is 0. The van der Waals surface area contributed by atoms with Gasteiger partial charge in [-0.15, -0.1) is 35.3 Å². The van der Waals surface area contributed by atoms with Crippen LogP contribution in [0.25, 0.3) is 0 Å². The molecule has 0 amide bonds. The number of rotatable bonds is 21. The number of hydrogen-bond donors (Lipinski definition) is 6. The fraction of sp³-hybridized carbons (Fsp3) is 0.524. The van der Waals surface area contributed by atoms with Gasteiger partial charge in [-0.3, -0.25) is 43.0 Å². The molecule has 25 nitrogen and oxygen atoms in total. The van der Waals surface area contributed by atoms with Gasteiger partial charge in [-0.1, -0.05) is 90.5 Å². The number of nitrogens with one attached hydrogen (secondary N) is 3. The fourth-order valence-electron chi connectivity index (χ4n) is 14.9. The number of thioether (sulfide) groups is 3. The van der Waals surface area contributed by atoms with Crippen molar-refractivity contribution in [2.24, 2.45) is 0 Å². The highest BCUT2D eigenvalue weighted by Crippen LogP contribution is 2.70. The first kappa shape index (κ1) is 68.9. The SMILES string of the molecule is O=c1ccn([C@@H]2O[C@](F)(C(c3ccc(Cl)cc3)N(OP(=O)(ON(C3CCC3)C(c3ccc(Cl)cc3)[C@@]3(F)O[C@@H](n4ccc(=O)[nH]c4=O)[C@@]4(CCS4)[C@@H]3O)ON(C3CCC3)C(c3ccc(Cl)cc3)[C@@]3(F)O[C@@H](n4ccc(=O)[nH]c4=O)[C@@]4(CCS4)[C@@H]3O)C3CCC3)[C@@H](O)[C@]23CCS3)c(=O)[nH]1. The number of hydroxylamine groups is 6. The number of benzene rings is 3. The number of aliphatic hydroxyl groups excluding tert-OH is 3. The van der Waals surface area contributed by atoms with Gasteiger partial charge in [-0.05, 0) is 128 Å². The van der Waals surface area contributed by atoms with Gasteiger partial charge in [0.15, 0.2) is 18.7 Å². The van der Waals surface area contributed by atoms with E-state index in [0.717, 1.165) is 101 Å². The summed E-state index contributed by atoms with van der Waals surface area (Å²) in [6.07, 6.45) is -5.57. The number of H-pyrrole nitrogens is 3. The third-order valence-electron chi connectivity index (χ3n) is 20.9. The van der Waals surface area contributed by atoms with Crippen molar-refractivity contribution in [3.05, 3.63) is 204 Å². The predicted molar refractivity (Wildman–Crippen MR) is 355 cm³/mol. The van der Waals surface area contributed by atoms with Crippen LogP contribution in [0.1, 0.15) is 131 Å². The summed E-state index contributed by atoms with van der Waals surface area (Å²) < 4.78 is 117. The van der Waals surface area contributed by atoms with Crippen LogP contribution in [0, 0.1) is 0 Å². The normalized spacial score (nSPS) is 33.9. The van der Waals surface area contributed by atoms with Gasteiger partial charge >= 0.3 is 24.9 Å². The first-order chi connectivity index (χ1) is 46.8. The molecule has 3 saturated carbocycles. The van der Waals surface area contributed by atoms with Crippen molar-refractivity contribution >= 4 is 77.9 Å². The molecule has 6 N–H and O–H groups in total. The van der Waals surface area contributed by atoms with Crippen LogP contribution in [-0.4, -0.2) is 145 Å². The molecule has 524 valence electrons. The van der Waals surface area contributed by atoms with E-state index in [0.29, 0.717) is 36.5 Å². The van der Waals surface area contributed by atoms with Crippen molar-refractivity contribution in [2.75, 3.05) is 17.3 Å². The number of phosphoric acid groups is 1. The molecule has 9 aliphatic rings. The molecular formula is C63H66Cl3F3N9O16PS3. The Morgan fingerprint density at radius 3 is 0.898 bits per heavy atom. The Bertz CT molecular complexity index is 4010. The highest BCUT2D eigenvalue weighted by Gasteiger charge is 2.76. The number of aromatic nitrogens is 6. The molecule has 15 atom stereocenters. The van der Waals surface area contributed by atoms with Gasteiger partial charge in [-0.2, -0.15) is 29.1 Å². The maximum atomic E-state index is 20.0. The zero-order valence-corrected chi connectivity index (χ0v) is 57.3. The lowest BCUT2D eigenvalue weighted by molar-refractivity contribution is -0.325. The van der Waals surface area contributed by atoms with Crippen molar-refractivity contribution < 1.29 is 61.1 Å². The summed E-state index contributed by atoms with van der Waals surface area (Å²) in [6, 6.07) is 10.8. The quantitative estimate of drug-likeness (QED) is 0.0290. The zero-order chi connectivity index (χ0) is 68.6. The number of alkyl halides is 3. The maximum Gasteiger partial charge on any atom is 0.525 e. The van der Waals surface area contributed by atoms with Gasteiger partial charge in [0.25, 0.3) is 34.2 Å². The topological polar surface area (TPSA) is 307 Å². The molecule has 98 heavy (non-hydrogen) atoms. The second-order valence-electron chi connectivity index (χ2n) is 26.3. The minimum atomic E-state index is -6.16. The lowest BCUT2D eigenvalue weighted by atomic mass is 9.84. The Morgan fingerprint density at radius 1 is 0.459 bits per heavy atom. The molecule has 3 spiro atoms. The van der Waals surface area contributed by atoms with E-state index in [1.165, 1.54) is 72.8 Å². The standard InChI is InChI=1S/C63H66Cl3F3N9O16PS3/c64-37-16-10-34(11-17-37)46(61(67)49(82)58(25-31-96-58)52(89-61)73-28-22-43(79)70-55(73)85)76(40-4-1-5-40)92-95(88,93-77(41-6-2-7-41)47(35-12-18-38(65)19-13-35)62(68)50(83)59(26-32-97-59)53(90-62)74-29-23-44(80)71-56(74)86)94-78(42-8-3-9-42)48(36-14-20-39(66)21-15-36)63(69)51(84)60(27-33-98-60)54(91-63)75-30-24-45(81)72-57(75)87/h10-24,28-30,40-42,46-54,82-84H,1-9,25-27,31-33H2,(H,70,79,85)(H,71,80,86)(H,72,81,87)/t46?,47?,48?,49-,50-,51-,52+,53+,54+,58+,59+,60+,61+,62+,63+,95?/m0/s1. The second kappa shape index (κ2) is 25.8. The average Bonchev–Trinajstić information content (AvgIpc) is 1.59. The van der Waals surface area contributed by atoms with Crippen LogP contribution in [-0.2, 0) is 32.6 Å². The van der Waals surface area contributed by atoms with E-state index >= 15 is 17.7 Å². The molecule has 9 heterocycles. The second-order valence-corrected chi connectivity index (χ2v) is 33.4. The molecule has 9 fully saturated rings. The molecule has 6 aromatic rings. The van der Waals surface area contributed by atoms with E-state index in [1.54, 1.807) is 0 Å². The van der Waals surface area contributed by atoms with Crippen LogP contribution in [0.5, 0.6) is 0 Å². The van der Waals surface area contributed by atoms with Gasteiger partial charge in [0.2, 0.25) is 0 Å². The maximum absolute atomic E-state index is 20.0. The lowest BCUT2D eigenvalue weighted by Gasteiger charge is -2.51. The fourth-order valence-corrected chi connectivity index (χ4v) is 20.6. The number of nitrogens with zero attached hydrogens (tertiary/aromatic N) is 6. The summed E-state index contributed by atoms with van der Waals surface area (Å²) >= 11 is 23.0. The van der Waals surface area contributed by atoms with E-state index in [1.807, 2.05) is 0 Å². The highest BCUT2D eigenvalue weighted by molar-refractivity contribution is 8.02. The van der Waals surface area contributed by atoms with E-state index in [4.69, 9.17) is 62.9 Å². The van der Waals surface area contributed by atoms with Crippen LogP contribution in [0.15, 0.2) is 138 Å². The van der Waals surface area contributed by atoms with Crippen molar-refractivity contribution in [3.63, 3.8) is 0 Å². The summed E-state index contributed by atoms with van der Waals surface area (Å²) in [4.78, 5) is 85.5. The van der Waals surface area contributed by atoms with E-state index in [9.17, 15) is 44.1 Å².